The van der Waals surface area contributed by atoms with Crippen LogP contribution in [0.2, 0.25) is 0 Å². The van der Waals surface area contributed by atoms with E-state index in [2.05, 4.69) is 16.8 Å². The molecule has 0 atom stereocenters. The molecule has 1 fully saturated rings. The Labute approximate surface area is 101 Å². The zero-order chi connectivity index (χ0) is 11.4. The minimum absolute atomic E-state index is 0.244. The van der Waals surface area contributed by atoms with E-state index in [0.717, 1.165) is 32.0 Å². The van der Waals surface area contributed by atoms with E-state index >= 15 is 0 Å². The number of nitrogens with zero attached hydrogens (tertiary/aromatic N) is 2. The average Bonchev–Trinajstić information content (AvgIpc) is 3.01. The largest absolute Gasteiger partial charge is 0.395 e. The molecule has 4 heteroatoms. The molecule has 1 heterocycles. The summed E-state index contributed by atoms with van der Waals surface area (Å²) in [6, 6.07) is 0. The summed E-state index contributed by atoms with van der Waals surface area (Å²) in [5, 5.41) is 10.3. The molecule has 1 aromatic rings. The molecule has 0 aromatic carbocycles. The summed E-state index contributed by atoms with van der Waals surface area (Å²) in [7, 11) is 0. The highest BCUT2D eigenvalue weighted by Gasteiger charge is 2.26. The predicted molar refractivity (Wildman–Crippen MR) is 66.7 cm³/mol. The summed E-state index contributed by atoms with van der Waals surface area (Å²) in [4.78, 5) is 8.11. The van der Waals surface area contributed by atoms with Gasteiger partial charge in [0.2, 0.25) is 0 Å². The fourth-order valence-corrected chi connectivity index (χ4v) is 2.99. The van der Waals surface area contributed by atoms with Crippen molar-refractivity contribution in [2.45, 2.75) is 38.6 Å². The first-order valence-electron chi connectivity index (χ1n) is 6.11. The molecule has 1 saturated carbocycles. The van der Waals surface area contributed by atoms with Gasteiger partial charge in [0.25, 0.3) is 0 Å². The number of aromatic nitrogens is 1. The van der Waals surface area contributed by atoms with Crippen molar-refractivity contribution in [3.05, 3.63) is 16.1 Å². The van der Waals surface area contributed by atoms with Crippen LogP contribution in [0.4, 0.5) is 0 Å². The van der Waals surface area contributed by atoms with Crippen LogP contribution in [0.5, 0.6) is 0 Å². The molecule has 0 saturated heterocycles. The first kappa shape index (κ1) is 12.0. The Bertz CT molecular complexity index is 317. The van der Waals surface area contributed by atoms with Gasteiger partial charge in [-0.2, -0.15) is 0 Å². The van der Waals surface area contributed by atoms with Gasteiger partial charge in [-0.1, -0.05) is 6.92 Å². The number of aliphatic hydroxyl groups excluding tert-OH is 1. The lowest BCUT2D eigenvalue weighted by Gasteiger charge is -2.19. The molecule has 1 aliphatic rings. The zero-order valence-corrected chi connectivity index (χ0v) is 10.7. The summed E-state index contributed by atoms with van der Waals surface area (Å²) < 4.78 is 0. The zero-order valence-electron chi connectivity index (χ0n) is 9.85. The monoisotopic (exact) mass is 240 g/mol. The highest BCUT2D eigenvalue weighted by molar-refractivity contribution is 7.11. The van der Waals surface area contributed by atoms with E-state index in [1.54, 1.807) is 0 Å². The van der Waals surface area contributed by atoms with Crippen LogP contribution < -0.4 is 0 Å². The topological polar surface area (TPSA) is 36.4 Å². The second-order valence-electron chi connectivity index (χ2n) is 4.44. The maximum Gasteiger partial charge on any atom is 0.0959 e. The van der Waals surface area contributed by atoms with Gasteiger partial charge in [0, 0.05) is 30.1 Å². The summed E-state index contributed by atoms with van der Waals surface area (Å²) >= 11 is 1.85. The maximum absolute atomic E-state index is 8.99. The molecule has 0 aliphatic heterocycles. The first-order valence-corrected chi connectivity index (χ1v) is 6.93. The Morgan fingerprint density at radius 2 is 2.31 bits per heavy atom. The van der Waals surface area contributed by atoms with Crippen LogP contribution in [0, 0.1) is 0 Å². The normalized spacial score (nSPS) is 15.9. The Morgan fingerprint density at radius 3 is 2.94 bits per heavy atom. The highest BCUT2D eigenvalue weighted by Crippen LogP contribution is 2.41. The fourth-order valence-electron chi connectivity index (χ4n) is 1.86. The summed E-state index contributed by atoms with van der Waals surface area (Å²) in [5.74, 6) is 0.760. The number of aliphatic hydroxyl groups is 1. The molecule has 2 rings (SSSR count). The van der Waals surface area contributed by atoms with Crippen LogP contribution >= 0.6 is 11.3 Å². The molecule has 1 N–H and O–H groups in total. The molecule has 3 nitrogen and oxygen atoms in total. The summed E-state index contributed by atoms with van der Waals surface area (Å²) in [5.41, 5.74) is 0. The lowest BCUT2D eigenvalue weighted by Crippen LogP contribution is -2.26. The van der Waals surface area contributed by atoms with Gasteiger partial charge in [-0.15, -0.1) is 11.3 Å². The summed E-state index contributed by atoms with van der Waals surface area (Å²) in [6.45, 7) is 5.18. The number of hydrogen-bond acceptors (Lipinski definition) is 4. The van der Waals surface area contributed by atoms with Gasteiger partial charge in [-0.25, -0.2) is 4.98 Å². The Hall–Kier alpha value is -0.450. The Morgan fingerprint density at radius 1 is 1.50 bits per heavy atom. The minimum Gasteiger partial charge on any atom is -0.395 e. The van der Waals surface area contributed by atoms with E-state index in [0.29, 0.717) is 0 Å². The van der Waals surface area contributed by atoms with Crippen molar-refractivity contribution >= 4 is 11.3 Å². The quantitative estimate of drug-likeness (QED) is 0.794. The molecular formula is C12H20N2OS. The van der Waals surface area contributed by atoms with E-state index in [9.17, 15) is 0 Å². The van der Waals surface area contributed by atoms with Gasteiger partial charge in [-0.3, -0.25) is 4.90 Å². The van der Waals surface area contributed by atoms with Crippen LogP contribution in [0.3, 0.4) is 0 Å². The molecule has 1 aliphatic carbocycles. The third-order valence-corrected chi connectivity index (χ3v) is 3.98. The van der Waals surface area contributed by atoms with Crippen molar-refractivity contribution in [1.29, 1.82) is 0 Å². The van der Waals surface area contributed by atoms with Gasteiger partial charge in [0.1, 0.15) is 0 Å². The molecule has 16 heavy (non-hydrogen) atoms. The third kappa shape index (κ3) is 3.27. The van der Waals surface area contributed by atoms with E-state index in [4.69, 9.17) is 5.11 Å². The van der Waals surface area contributed by atoms with E-state index in [1.807, 2.05) is 17.5 Å². The van der Waals surface area contributed by atoms with Crippen molar-refractivity contribution in [3.8, 4) is 0 Å². The standard InChI is InChI=1S/C12H20N2OS/c1-2-5-14(6-7-15)9-11-8-13-12(16-11)10-3-4-10/h8,10,15H,2-7,9H2,1H3. The molecule has 0 bridgehead atoms. The van der Waals surface area contributed by atoms with Gasteiger partial charge in [0.05, 0.1) is 11.6 Å². The smallest absolute Gasteiger partial charge is 0.0959 e. The maximum atomic E-state index is 8.99. The molecule has 0 spiro atoms. The van der Waals surface area contributed by atoms with E-state index < -0.39 is 0 Å². The fraction of sp³-hybridized carbons (Fsp3) is 0.750. The second kappa shape index (κ2) is 5.75. The van der Waals surface area contributed by atoms with Crippen LogP contribution in [0.25, 0.3) is 0 Å². The lowest BCUT2D eigenvalue weighted by atomic mass is 10.4. The van der Waals surface area contributed by atoms with Crippen molar-refractivity contribution in [3.63, 3.8) is 0 Å². The molecular weight excluding hydrogens is 220 g/mol. The second-order valence-corrected chi connectivity index (χ2v) is 5.59. The molecule has 0 amide bonds. The van der Waals surface area contributed by atoms with Gasteiger partial charge < -0.3 is 5.11 Å². The van der Waals surface area contributed by atoms with Crippen molar-refractivity contribution < 1.29 is 5.11 Å². The number of rotatable bonds is 7. The minimum atomic E-state index is 0.244. The van der Waals surface area contributed by atoms with Crippen LogP contribution in [0.1, 0.15) is 42.0 Å². The third-order valence-electron chi connectivity index (χ3n) is 2.83. The molecule has 0 radical (unpaired) electrons. The average molecular weight is 240 g/mol. The lowest BCUT2D eigenvalue weighted by molar-refractivity contribution is 0.191. The van der Waals surface area contributed by atoms with Gasteiger partial charge >= 0.3 is 0 Å². The molecule has 1 aromatic heterocycles. The van der Waals surface area contributed by atoms with Crippen molar-refractivity contribution in [2.24, 2.45) is 0 Å². The van der Waals surface area contributed by atoms with Crippen LogP contribution in [-0.2, 0) is 6.54 Å². The Kier molecular flexibility index (Phi) is 4.32. The van der Waals surface area contributed by atoms with Crippen molar-refractivity contribution in [1.82, 2.24) is 9.88 Å². The van der Waals surface area contributed by atoms with E-state index in [1.165, 1.54) is 22.7 Å². The number of hydrogen-bond donors (Lipinski definition) is 1. The van der Waals surface area contributed by atoms with Gasteiger partial charge in [0.15, 0.2) is 0 Å². The van der Waals surface area contributed by atoms with Crippen molar-refractivity contribution in [2.75, 3.05) is 19.7 Å². The molecule has 0 unspecified atom stereocenters. The highest BCUT2D eigenvalue weighted by atomic mass is 32.1. The van der Waals surface area contributed by atoms with Crippen LogP contribution in [0.15, 0.2) is 6.20 Å². The molecule has 90 valence electrons. The number of thiazole rings is 1. The predicted octanol–water partition coefficient (Wildman–Crippen LogP) is 2.22. The SMILES string of the molecule is CCCN(CCO)Cc1cnc(C2CC2)s1. The Balaban J connectivity index is 1.89. The van der Waals surface area contributed by atoms with Crippen LogP contribution in [-0.4, -0.2) is 34.7 Å². The summed E-state index contributed by atoms with van der Waals surface area (Å²) in [6.07, 6.45) is 5.79. The first-order chi connectivity index (χ1) is 7.83. The van der Waals surface area contributed by atoms with E-state index in [-0.39, 0.29) is 6.61 Å². The van der Waals surface area contributed by atoms with Gasteiger partial charge in [-0.05, 0) is 25.8 Å².